The van der Waals surface area contributed by atoms with E-state index in [2.05, 4.69) is 56.9 Å². The molecule has 0 spiro atoms. The third-order valence-corrected chi connectivity index (χ3v) is 7.58. The highest BCUT2D eigenvalue weighted by atomic mass is 16.4. The Labute approximate surface area is 219 Å². The molecule has 0 amide bonds. The Hall–Kier alpha value is -3.86. The Bertz CT molecular complexity index is 1400. The summed E-state index contributed by atoms with van der Waals surface area (Å²) in [5, 5.41) is 19.1. The van der Waals surface area contributed by atoms with Crippen LogP contribution in [0.15, 0.2) is 60.7 Å². The lowest BCUT2D eigenvalue weighted by molar-refractivity contribution is 0.0693. The van der Waals surface area contributed by atoms with E-state index < -0.39 is 5.97 Å². The zero-order valence-electron chi connectivity index (χ0n) is 22.4. The van der Waals surface area contributed by atoms with E-state index >= 15 is 0 Å². The molecule has 0 atom stereocenters. The minimum Gasteiger partial charge on any atom is -0.507 e. The maximum Gasteiger partial charge on any atom is 0.339 e. The molecule has 0 radical (unpaired) electrons. The van der Waals surface area contributed by atoms with Gasteiger partial charge in [-0.1, -0.05) is 52.0 Å². The second-order valence-electron chi connectivity index (χ2n) is 11.4. The predicted octanol–water partition coefficient (Wildman–Crippen LogP) is 7.07. The molecule has 0 saturated heterocycles. The number of carbonyl (C=O) groups excluding carboxylic acids is 1. The van der Waals surface area contributed by atoms with Crippen LogP contribution in [0, 0.1) is 0 Å². The summed E-state index contributed by atoms with van der Waals surface area (Å²) in [6, 6.07) is 16.8. The molecule has 0 aliphatic heterocycles. The lowest BCUT2D eigenvalue weighted by Gasteiger charge is -2.43. The Morgan fingerprint density at radius 2 is 1.54 bits per heavy atom. The first-order chi connectivity index (χ1) is 17.3. The average molecular weight is 498 g/mol. The average Bonchev–Trinajstić information content (AvgIpc) is 2.84. The minimum atomic E-state index is -1.20. The van der Waals surface area contributed by atoms with Crippen molar-refractivity contribution in [2.24, 2.45) is 0 Å². The number of ketones is 1. The van der Waals surface area contributed by atoms with E-state index in [1.54, 1.807) is 12.1 Å². The first-order valence-electron chi connectivity index (χ1n) is 12.6. The number of benzene rings is 3. The van der Waals surface area contributed by atoms with Crippen LogP contribution in [-0.4, -0.2) is 36.1 Å². The highest BCUT2D eigenvalue weighted by Gasteiger charge is 2.39. The summed E-state index contributed by atoms with van der Waals surface area (Å²) in [6.45, 7) is 9.06. The summed E-state index contributed by atoms with van der Waals surface area (Å²) in [4.78, 5) is 26.6. The van der Waals surface area contributed by atoms with E-state index in [9.17, 15) is 14.7 Å². The van der Waals surface area contributed by atoms with Crippen molar-refractivity contribution in [3.8, 4) is 16.9 Å². The van der Waals surface area contributed by atoms with Gasteiger partial charge in [-0.05, 0) is 94.0 Å². The highest BCUT2D eigenvalue weighted by molar-refractivity contribution is 6.08. The van der Waals surface area contributed by atoms with Gasteiger partial charge < -0.3 is 15.1 Å². The number of nitrogens with zero attached hydrogens (tertiary/aromatic N) is 1. The molecular formula is C32H35NO4. The quantitative estimate of drug-likeness (QED) is 0.281. The zero-order valence-corrected chi connectivity index (χ0v) is 22.4. The number of rotatable bonds is 6. The van der Waals surface area contributed by atoms with Gasteiger partial charge >= 0.3 is 5.97 Å². The number of carboxylic acid groups (broad SMARTS) is 1. The van der Waals surface area contributed by atoms with Gasteiger partial charge in [0.25, 0.3) is 0 Å². The van der Waals surface area contributed by atoms with Crippen LogP contribution in [0.4, 0.5) is 5.69 Å². The molecule has 0 bridgehead atoms. The number of aromatic hydroxyl groups is 1. The topological polar surface area (TPSA) is 77.8 Å². The van der Waals surface area contributed by atoms with Crippen molar-refractivity contribution in [3.05, 3.63) is 88.5 Å². The lowest BCUT2D eigenvalue weighted by Crippen LogP contribution is -2.34. The molecule has 5 nitrogen and oxygen atoms in total. The molecular weight excluding hydrogens is 462 g/mol. The van der Waals surface area contributed by atoms with E-state index in [1.165, 1.54) is 29.3 Å². The van der Waals surface area contributed by atoms with Crippen molar-refractivity contribution in [1.82, 2.24) is 0 Å². The summed E-state index contributed by atoms with van der Waals surface area (Å²) >= 11 is 0. The lowest BCUT2D eigenvalue weighted by atomic mass is 9.61. The summed E-state index contributed by atoms with van der Waals surface area (Å²) in [6.07, 6.45) is 5.19. The van der Waals surface area contributed by atoms with Crippen molar-refractivity contribution in [1.29, 1.82) is 0 Å². The van der Waals surface area contributed by atoms with Crippen LogP contribution in [0.25, 0.3) is 17.2 Å². The number of anilines is 1. The summed E-state index contributed by atoms with van der Waals surface area (Å²) in [7, 11) is 4.03. The van der Waals surface area contributed by atoms with Crippen LogP contribution in [0.5, 0.6) is 5.75 Å². The highest BCUT2D eigenvalue weighted by Crippen LogP contribution is 2.50. The van der Waals surface area contributed by atoms with Crippen molar-refractivity contribution in [3.63, 3.8) is 0 Å². The molecule has 1 aliphatic rings. The molecule has 37 heavy (non-hydrogen) atoms. The van der Waals surface area contributed by atoms with E-state index in [4.69, 9.17) is 5.11 Å². The Morgan fingerprint density at radius 3 is 2.14 bits per heavy atom. The van der Waals surface area contributed by atoms with Crippen LogP contribution in [0.2, 0.25) is 0 Å². The van der Waals surface area contributed by atoms with E-state index in [1.807, 2.05) is 26.2 Å². The van der Waals surface area contributed by atoms with Crippen LogP contribution in [0.3, 0.4) is 0 Å². The first-order valence-corrected chi connectivity index (χ1v) is 12.6. The third-order valence-electron chi connectivity index (χ3n) is 7.58. The molecule has 4 rings (SSSR count). The van der Waals surface area contributed by atoms with Crippen molar-refractivity contribution >= 4 is 23.5 Å². The molecule has 0 fully saturated rings. The number of allylic oxidation sites excluding steroid dienone is 1. The molecule has 3 aromatic carbocycles. The minimum absolute atomic E-state index is 0.0266. The Balaban J connectivity index is 1.81. The van der Waals surface area contributed by atoms with Gasteiger partial charge in [-0.3, -0.25) is 4.79 Å². The van der Waals surface area contributed by atoms with Gasteiger partial charge in [-0.15, -0.1) is 0 Å². The van der Waals surface area contributed by atoms with Crippen LogP contribution in [-0.2, 0) is 10.8 Å². The normalized spacial score (nSPS) is 15.8. The molecule has 0 aromatic heterocycles. The van der Waals surface area contributed by atoms with Gasteiger partial charge in [0, 0.05) is 25.3 Å². The SMILES string of the molecule is CN(C)c1ccc(-c2cc(C(=O)/C=C\c3ccc(C(=O)O)c(O)c3)cc3c2C(C)(C)CCC3(C)C)cc1. The fraction of sp³-hybridized carbons (Fsp3) is 0.312. The standard InChI is InChI=1S/C32H35NO4/c1-31(2)15-16-32(3,4)29-25(21-9-11-23(12-10-21)33(5)6)18-22(19-26(29)31)27(34)14-8-20-7-13-24(30(36)37)28(35)17-20/h7-14,17-19,35H,15-16H2,1-6H3,(H,36,37)/b14-8-. The van der Waals surface area contributed by atoms with Gasteiger partial charge in [-0.25, -0.2) is 4.79 Å². The molecule has 5 heteroatoms. The molecule has 3 aromatic rings. The summed E-state index contributed by atoms with van der Waals surface area (Å²) < 4.78 is 0. The van der Waals surface area contributed by atoms with Crippen LogP contribution >= 0.6 is 0 Å². The number of carbonyl (C=O) groups is 2. The largest absolute Gasteiger partial charge is 0.507 e. The van der Waals surface area contributed by atoms with Crippen molar-refractivity contribution < 1.29 is 19.8 Å². The smallest absolute Gasteiger partial charge is 0.339 e. The third kappa shape index (κ3) is 5.17. The maximum atomic E-state index is 13.4. The first kappa shape index (κ1) is 26.2. The van der Waals surface area contributed by atoms with Crippen LogP contribution < -0.4 is 4.90 Å². The molecule has 0 unspecified atom stereocenters. The predicted molar refractivity (Wildman–Crippen MR) is 150 cm³/mol. The number of carboxylic acids is 1. The van der Waals surface area contributed by atoms with Crippen molar-refractivity contribution in [2.75, 3.05) is 19.0 Å². The second kappa shape index (κ2) is 9.55. The zero-order chi connectivity index (χ0) is 27.1. The number of hydrogen-bond acceptors (Lipinski definition) is 4. The maximum absolute atomic E-state index is 13.4. The van der Waals surface area contributed by atoms with E-state index in [-0.39, 0.29) is 27.9 Å². The van der Waals surface area contributed by atoms with E-state index in [0.717, 1.165) is 29.7 Å². The number of fused-ring (bicyclic) bond motifs is 1. The molecule has 1 aliphatic carbocycles. The Kier molecular flexibility index (Phi) is 6.76. The van der Waals surface area contributed by atoms with Crippen LogP contribution in [0.1, 0.15) is 77.9 Å². The summed E-state index contributed by atoms with van der Waals surface area (Å²) in [5.41, 5.74) is 6.68. The number of phenols is 1. The molecule has 0 saturated carbocycles. The monoisotopic (exact) mass is 497 g/mol. The van der Waals surface area contributed by atoms with E-state index in [0.29, 0.717) is 11.1 Å². The molecule has 2 N–H and O–H groups in total. The van der Waals surface area contributed by atoms with Crippen molar-refractivity contribution in [2.45, 2.75) is 51.4 Å². The number of hydrogen-bond donors (Lipinski definition) is 2. The second-order valence-corrected chi connectivity index (χ2v) is 11.4. The fourth-order valence-corrected chi connectivity index (χ4v) is 5.20. The molecule has 192 valence electrons. The fourth-order valence-electron chi connectivity index (χ4n) is 5.20. The van der Waals surface area contributed by atoms with Gasteiger partial charge in [0.1, 0.15) is 11.3 Å². The van der Waals surface area contributed by atoms with Gasteiger partial charge in [0.05, 0.1) is 0 Å². The van der Waals surface area contributed by atoms with Gasteiger partial charge in [0.15, 0.2) is 5.78 Å². The summed E-state index contributed by atoms with van der Waals surface area (Å²) in [5.74, 6) is -1.67. The number of aromatic carboxylic acids is 1. The Morgan fingerprint density at radius 1 is 0.892 bits per heavy atom. The van der Waals surface area contributed by atoms with Gasteiger partial charge in [0.2, 0.25) is 0 Å². The molecule has 0 heterocycles. The van der Waals surface area contributed by atoms with Gasteiger partial charge in [-0.2, -0.15) is 0 Å².